The first kappa shape index (κ1) is 13.6. The largest absolute Gasteiger partial charge is 0.316 e. The van der Waals surface area contributed by atoms with Crippen LogP contribution in [0.15, 0.2) is 15.7 Å². The van der Waals surface area contributed by atoms with Crippen LogP contribution in [0.5, 0.6) is 0 Å². The van der Waals surface area contributed by atoms with E-state index in [-0.39, 0.29) is 0 Å². The first-order chi connectivity index (χ1) is 7.56. The van der Waals surface area contributed by atoms with Gasteiger partial charge in [-0.25, -0.2) is 8.42 Å². The highest BCUT2D eigenvalue weighted by Crippen LogP contribution is 2.23. The maximum atomic E-state index is 12.1. The van der Waals surface area contributed by atoms with Gasteiger partial charge < -0.3 is 5.32 Å². The molecule has 1 aromatic heterocycles. The molecule has 0 aliphatic heterocycles. The van der Waals surface area contributed by atoms with Crippen molar-refractivity contribution in [1.29, 1.82) is 0 Å². The third-order valence-electron chi connectivity index (χ3n) is 2.31. The molecular formula is C10H18N2O2S2. The number of hydrogen-bond donors (Lipinski definition) is 1. The van der Waals surface area contributed by atoms with Gasteiger partial charge in [-0.2, -0.15) is 4.31 Å². The van der Waals surface area contributed by atoms with Crippen LogP contribution in [0.4, 0.5) is 0 Å². The van der Waals surface area contributed by atoms with Gasteiger partial charge in [-0.1, -0.05) is 13.8 Å². The van der Waals surface area contributed by atoms with Gasteiger partial charge in [-0.05, 0) is 24.1 Å². The zero-order valence-corrected chi connectivity index (χ0v) is 11.5. The van der Waals surface area contributed by atoms with Crippen LogP contribution in [-0.4, -0.2) is 32.9 Å². The lowest BCUT2D eigenvalue weighted by Gasteiger charge is -2.16. The molecule has 0 amide bonds. The average Bonchev–Trinajstić information content (AvgIpc) is 2.69. The summed E-state index contributed by atoms with van der Waals surface area (Å²) >= 11 is 1.29. The summed E-state index contributed by atoms with van der Waals surface area (Å²) in [6.45, 7) is 5.42. The second kappa shape index (κ2) is 5.77. The number of sulfonamides is 1. The van der Waals surface area contributed by atoms with Crippen molar-refractivity contribution >= 4 is 21.4 Å². The molecule has 0 aliphatic rings. The van der Waals surface area contributed by atoms with Crippen molar-refractivity contribution in [3.05, 3.63) is 17.0 Å². The van der Waals surface area contributed by atoms with E-state index in [4.69, 9.17) is 0 Å². The topological polar surface area (TPSA) is 49.4 Å². The van der Waals surface area contributed by atoms with Gasteiger partial charge >= 0.3 is 0 Å². The van der Waals surface area contributed by atoms with Crippen LogP contribution in [0.2, 0.25) is 0 Å². The summed E-state index contributed by atoms with van der Waals surface area (Å²) < 4.78 is 26.2. The molecule has 1 heterocycles. The molecule has 0 aromatic carbocycles. The van der Waals surface area contributed by atoms with Crippen molar-refractivity contribution < 1.29 is 8.42 Å². The van der Waals surface area contributed by atoms with E-state index in [2.05, 4.69) is 5.32 Å². The molecule has 0 saturated carbocycles. The van der Waals surface area contributed by atoms with Crippen LogP contribution in [0, 0.1) is 0 Å². The Hall–Kier alpha value is -0.430. The Balaban J connectivity index is 2.97. The lowest BCUT2D eigenvalue weighted by molar-refractivity contribution is 0.446. The molecule has 0 fully saturated rings. The van der Waals surface area contributed by atoms with E-state index in [9.17, 15) is 8.42 Å². The molecule has 0 spiro atoms. The Morgan fingerprint density at radius 2 is 2.00 bits per heavy atom. The highest BCUT2D eigenvalue weighted by Gasteiger charge is 2.23. The minimum Gasteiger partial charge on any atom is -0.316 e. The molecule has 4 nitrogen and oxygen atoms in total. The fourth-order valence-electron chi connectivity index (χ4n) is 1.48. The summed E-state index contributed by atoms with van der Waals surface area (Å²) in [6.07, 6.45) is 0. The molecule has 0 atom stereocenters. The molecular weight excluding hydrogens is 244 g/mol. The molecule has 0 radical (unpaired) electrons. The van der Waals surface area contributed by atoms with Gasteiger partial charge in [0.1, 0.15) is 4.21 Å². The third-order valence-corrected chi connectivity index (χ3v) is 5.82. The van der Waals surface area contributed by atoms with E-state index in [0.29, 0.717) is 23.8 Å². The SMILES string of the molecule is CCN(CC)S(=O)(=O)c1cc(CNC)cs1. The number of nitrogens with one attached hydrogen (secondary N) is 1. The molecule has 1 rings (SSSR count). The van der Waals surface area contributed by atoms with Gasteiger partial charge in [0.05, 0.1) is 0 Å². The van der Waals surface area contributed by atoms with Gasteiger partial charge in [-0.3, -0.25) is 0 Å². The second-order valence-corrected chi connectivity index (χ2v) is 6.47. The van der Waals surface area contributed by atoms with E-state index in [1.807, 2.05) is 26.3 Å². The minimum atomic E-state index is -3.27. The van der Waals surface area contributed by atoms with Crippen LogP contribution in [-0.2, 0) is 16.6 Å². The van der Waals surface area contributed by atoms with E-state index in [1.165, 1.54) is 15.6 Å². The lowest BCUT2D eigenvalue weighted by Crippen LogP contribution is -2.30. The average molecular weight is 262 g/mol. The molecule has 0 bridgehead atoms. The van der Waals surface area contributed by atoms with Gasteiger partial charge in [0.2, 0.25) is 0 Å². The first-order valence-corrected chi connectivity index (χ1v) is 7.60. The summed E-state index contributed by atoms with van der Waals surface area (Å²) in [4.78, 5) is 0. The van der Waals surface area contributed by atoms with Gasteiger partial charge in [0.15, 0.2) is 0 Å². The van der Waals surface area contributed by atoms with Gasteiger partial charge in [-0.15, -0.1) is 11.3 Å². The molecule has 0 unspecified atom stereocenters. The summed E-state index contributed by atoms with van der Waals surface area (Å²) in [5.74, 6) is 0. The zero-order valence-electron chi connectivity index (χ0n) is 9.86. The van der Waals surface area contributed by atoms with E-state index in [0.717, 1.165) is 5.56 Å². The summed E-state index contributed by atoms with van der Waals surface area (Å²) in [5.41, 5.74) is 1.01. The Labute approximate surface area is 101 Å². The fourth-order valence-corrected chi connectivity index (χ4v) is 4.30. The smallest absolute Gasteiger partial charge is 0.252 e. The number of rotatable bonds is 6. The molecule has 16 heavy (non-hydrogen) atoms. The van der Waals surface area contributed by atoms with Crippen molar-refractivity contribution in [1.82, 2.24) is 9.62 Å². The Kier molecular flexibility index (Phi) is 4.91. The predicted octanol–water partition coefficient (Wildman–Crippen LogP) is 1.50. The van der Waals surface area contributed by atoms with E-state index < -0.39 is 10.0 Å². The van der Waals surface area contributed by atoms with Crippen molar-refractivity contribution in [2.24, 2.45) is 0 Å². The summed E-state index contributed by atoms with van der Waals surface area (Å²) in [7, 11) is -1.43. The van der Waals surface area contributed by atoms with Crippen molar-refractivity contribution in [2.45, 2.75) is 24.6 Å². The van der Waals surface area contributed by atoms with Crippen LogP contribution in [0.3, 0.4) is 0 Å². The van der Waals surface area contributed by atoms with Gasteiger partial charge in [0, 0.05) is 19.6 Å². The molecule has 1 N–H and O–H groups in total. The Morgan fingerprint density at radius 1 is 1.38 bits per heavy atom. The second-order valence-electron chi connectivity index (χ2n) is 3.39. The monoisotopic (exact) mass is 262 g/mol. The highest BCUT2D eigenvalue weighted by atomic mass is 32.2. The van der Waals surface area contributed by atoms with Crippen LogP contribution >= 0.6 is 11.3 Å². The molecule has 6 heteroatoms. The van der Waals surface area contributed by atoms with E-state index in [1.54, 1.807) is 6.07 Å². The molecule has 1 aromatic rings. The minimum absolute atomic E-state index is 0.432. The van der Waals surface area contributed by atoms with Crippen LogP contribution in [0.25, 0.3) is 0 Å². The van der Waals surface area contributed by atoms with Crippen molar-refractivity contribution in [3.63, 3.8) is 0 Å². The highest BCUT2D eigenvalue weighted by molar-refractivity contribution is 7.91. The quantitative estimate of drug-likeness (QED) is 0.845. The van der Waals surface area contributed by atoms with Crippen molar-refractivity contribution in [3.8, 4) is 0 Å². The lowest BCUT2D eigenvalue weighted by atomic mass is 10.3. The Morgan fingerprint density at radius 3 is 2.50 bits per heavy atom. The maximum Gasteiger partial charge on any atom is 0.252 e. The summed E-state index contributed by atoms with van der Waals surface area (Å²) in [6, 6.07) is 1.74. The normalized spacial score (nSPS) is 12.2. The standard InChI is InChI=1S/C10H18N2O2S2/c1-4-12(5-2)16(13,14)10-6-9(7-11-3)8-15-10/h6,8,11H,4-5,7H2,1-3H3. The number of nitrogens with zero attached hydrogens (tertiary/aromatic N) is 1. The molecule has 92 valence electrons. The third kappa shape index (κ3) is 2.82. The summed E-state index contributed by atoms with van der Waals surface area (Å²) in [5, 5.41) is 4.89. The first-order valence-electron chi connectivity index (χ1n) is 5.28. The van der Waals surface area contributed by atoms with E-state index >= 15 is 0 Å². The zero-order chi connectivity index (χ0) is 12.2. The Bertz CT molecular complexity index is 422. The molecule has 0 aliphatic carbocycles. The number of thiophene rings is 1. The number of hydrogen-bond acceptors (Lipinski definition) is 4. The fraction of sp³-hybridized carbons (Fsp3) is 0.600. The predicted molar refractivity (Wildman–Crippen MR) is 67.2 cm³/mol. The van der Waals surface area contributed by atoms with Crippen molar-refractivity contribution in [2.75, 3.05) is 20.1 Å². The van der Waals surface area contributed by atoms with Crippen LogP contribution in [0.1, 0.15) is 19.4 Å². The maximum absolute atomic E-state index is 12.1. The van der Waals surface area contributed by atoms with Gasteiger partial charge in [0.25, 0.3) is 10.0 Å². The van der Waals surface area contributed by atoms with Crippen LogP contribution < -0.4 is 5.32 Å². The molecule has 0 saturated heterocycles.